The summed E-state index contributed by atoms with van der Waals surface area (Å²) >= 11 is 0. The van der Waals surface area contributed by atoms with Gasteiger partial charge in [-0.3, -0.25) is 0 Å². The van der Waals surface area contributed by atoms with Gasteiger partial charge < -0.3 is 13.7 Å². The summed E-state index contributed by atoms with van der Waals surface area (Å²) in [5.41, 5.74) is 9.79. The summed E-state index contributed by atoms with van der Waals surface area (Å²) in [7, 11) is 0. The highest BCUT2D eigenvalue weighted by Crippen LogP contribution is 2.44. The number of rotatable bonds is 4. The Hall–Kier alpha value is -8.88. The number of fused-ring (bicyclic) bond motifs is 9. The fourth-order valence-electron chi connectivity index (χ4n) is 9.13. The van der Waals surface area contributed by atoms with Crippen LogP contribution in [0, 0.1) is 45.3 Å². The zero-order valence-electron chi connectivity index (χ0n) is 31.2. The number of aromatic nitrogens is 3. The van der Waals surface area contributed by atoms with E-state index >= 15 is 0 Å². The molecule has 7 nitrogen and oxygen atoms in total. The fourth-order valence-corrected chi connectivity index (χ4v) is 9.13. The number of hydrogen-bond acceptors (Lipinski definition) is 4. The molecule has 0 unspecified atom stereocenters. The molecule has 0 aliphatic heterocycles. The smallest absolute Gasteiger partial charge is 0.103 e. The highest BCUT2D eigenvalue weighted by molar-refractivity contribution is 6.19. The van der Waals surface area contributed by atoms with Gasteiger partial charge >= 0.3 is 0 Å². The highest BCUT2D eigenvalue weighted by atomic mass is 15.0. The summed E-state index contributed by atoms with van der Waals surface area (Å²) in [6.07, 6.45) is 0. The zero-order chi connectivity index (χ0) is 39.8. The first kappa shape index (κ1) is 33.5. The van der Waals surface area contributed by atoms with Crippen LogP contribution in [0.2, 0.25) is 0 Å². The molecule has 0 aliphatic rings. The van der Waals surface area contributed by atoms with Crippen molar-refractivity contribution in [1.29, 1.82) is 21.0 Å². The van der Waals surface area contributed by atoms with Gasteiger partial charge in [0.25, 0.3) is 0 Å². The minimum Gasteiger partial charge on any atom is -0.309 e. The van der Waals surface area contributed by atoms with Crippen molar-refractivity contribution in [3.63, 3.8) is 0 Å². The van der Waals surface area contributed by atoms with Crippen molar-refractivity contribution in [3.05, 3.63) is 186 Å². The fraction of sp³-hybridized carbons (Fsp3) is 0. The van der Waals surface area contributed by atoms with E-state index in [1.54, 1.807) is 12.1 Å². The Kier molecular flexibility index (Phi) is 7.28. The molecule has 11 rings (SSSR count). The zero-order valence-corrected chi connectivity index (χ0v) is 31.2. The minimum absolute atomic E-state index is 0.0118. The molecule has 270 valence electrons. The Balaban J connectivity index is 1.28. The summed E-state index contributed by atoms with van der Waals surface area (Å²) in [6, 6.07) is 63.9. The van der Waals surface area contributed by atoms with E-state index in [2.05, 4.69) is 92.6 Å². The van der Waals surface area contributed by atoms with Crippen molar-refractivity contribution >= 4 is 65.4 Å². The Morgan fingerprint density at radius 1 is 0.339 bits per heavy atom. The first-order chi connectivity index (χ1) is 29.1. The molecule has 0 atom stereocenters. The summed E-state index contributed by atoms with van der Waals surface area (Å²) < 4.78 is 6.46. The van der Waals surface area contributed by atoms with Gasteiger partial charge in [0.05, 0.1) is 66.7 Å². The lowest BCUT2D eigenvalue weighted by Crippen LogP contribution is -2.06. The van der Waals surface area contributed by atoms with Gasteiger partial charge in [-0.2, -0.15) is 21.0 Å². The van der Waals surface area contributed by atoms with Crippen LogP contribution in [0.5, 0.6) is 0 Å². The summed E-state index contributed by atoms with van der Waals surface area (Å²) in [6.45, 7) is 0. The van der Waals surface area contributed by atoms with Crippen molar-refractivity contribution in [3.8, 4) is 52.5 Å². The quantitative estimate of drug-likeness (QED) is 0.178. The van der Waals surface area contributed by atoms with Gasteiger partial charge in [0.2, 0.25) is 0 Å². The standard InChI is InChI=1S/C52H27N7/c53-28-33-23-22-32(25-49(33)58-46-19-9-4-14-36(46)37-15-5-10-20-47(37)58)40-24-34(29-54)43(30-55)44(31-56)52(40)59-48-21-11-7-17-39(48)42-26-50-41(27-51(42)59)38-16-6-8-18-45(38)57(50)35-12-2-1-3-13-35/h1-27H. The molecule has 59 heavy (non-hydrogen) atoms. The number of hydrogen-bond donors (Lipinski definition) is 0. The second kappa shape index (κ2) is 12.8. The van der Waals surface area contributed by atoms with Crippen LogP contribution in [0.15, 0.2) is 164 Å². The molecule has 0 bridgehead atoms. The van der Waals surface area contributed by atoms with Crippen LogP contribution in [-0.4, -0.2) is 13.7 Å². The van der Waals surface area contributed by atoms with Crippen LogP contribution in [0.25, 0.3) is 93.6 Å². The Labute approximate surface area is 337 Å². The van der Waals surface area contributed by atoms with Crippen molar-refractivity contribution in [1.82, 2.24) is 13.7 Å². The molecule has 7 heteroatoms. The average molecular weight is 750 g/mol. The van der Waals surface area contributed by atoms with Crippen LogP contribution >= 0.6 is 0 Å². The van der Waals surface area contributed by atoms with Gasteiger partial charge in [-0.1, -0.05) is 97.1 Å². The number of nitrogens with zero attached hydrogens (tertiary/aromatic N) is 7. The summed E-state index contributed by atoms with van der Waals surface area (Å²) in [5.74, 6) is 0. The predicted octanol–water partition coefficient (Wildman–Crippen LogP) is 12.1. The van der Waals surface area contributed by atoms with Crippen LogP contribution in [0.1, 0.15) is 22.3 Å². The van der Waals surface area contributed by atoms with E-state index in [1.165, 1.54) is 0 Å². The Morgan fingerprint density at radius 2 is 0.814 bits per heavy atom. The van der Waals surface area contributed by atoms with Crippen molar-refractivity contribution in [2.24, 2.45) is 0 Å². The molecular weight excluding hydrogens is 723 g/mol. The second-order valence-corrected chi connectivity index (χ2v) is 14.5. The van der Waals surface area contributed by atoms with Crippen molar-refractivity contribution in [2.45, 2.75) is 0 Å². The van der Waals surface area contributed by atoms with E-state index < -0.39 is 0 Å². The largest absolute Gasteiger partial charge is 0.309 e. The molecule has 0 saturated heterocycles. The first-order valence-corrected chi connectivity index (χ1v) is 19.1. The number of benzene rings is 8. The molecule has 0 N–H and O–H groups in total. The van der Waals surface area contributed by atoms with Gasteiger partial charge in [0, 0.05) is 43.6 Å². The molecule has 0 radical (unpaired) electrons. The maximum Gasteiger partial charge on any atom is 0.103 e. The summed E-state index contributed by atoms with van der Waals surface area (Å²) in [4.78, 5) is 0. The third-order valence-corrected chi connectivity index (χ3v) is 11.6. The van der Waals surface area contributed by atoms with E-state index in [9.17, 15) is 21.0 Å². The highest BCUT2D eigenvalue weighted by Gasteiger charge is 2.26. The van der Waals surface area contributed by atoms with E-state index in [0.717, 1.165) is 71.1 Å². The molecule has 8 aromatic carbocycles. The van der Waals surface area contributed by atoms with Crippen LogP contribution in [0.3, 0.4) is 0 Å². The van der Waals surface area contributed by atoms with Crippen LogP contribution in [0.4, 0.5) is 0 Å². The SMILES string of the molecule is N#Cc1ccc(-c2cc(C#N)c(C#N)c(C#N)c2-n2c3ccccc3c3cc4c(cc32)c2ccccc2n4-c2ccccc2)cc1-n1c2ccccc2c2ccccc21. The minimum atomic E-state index is 0.0118. The predicted molar refractivity (Wildman–Crippen MR) is 234 cm³/mol. The monoisotopic (exact) mass is 749 g/mol. The van der Waals surface area contributed by atoms with E-state index in [1.807, 2.05) is 97.1 Å². The maximum atomic E-state index is 11.1. The van der Waals surface area contributed by atoms with E-state index in [-0.39, 0.29) is 16.7 Å². The van der Waals surface area contributed by atoms with Crippen LogP contribution in [-0.2, 0) is 0 Å². The molecule has 11 aromatic rings. The Bertz CT molecular complexity index is 3720. The molecule has 0 spiro atoms. The van der Waals surface area contributed by atoms with Gasteiger partial charge in [0.1, 0.15) is 24.3 Å². The molecule has 3 heterocycles. The number of para-hydroxylation sites is 5. The third kappa shape index (κ3) is 4.71. The van der Waals surface area contributed by atoms with Gasteiger partial charge in [0.15, 0.2) is 0 Å². The second-order valence-electron chi connectivity index (χ2n) is 14.5. The van der Waals surface area contributed by atoms with Gasteiger partial charge in [-0.25, -0.2) is 0 Å². The molecular formula is C52H27N7. The van der Waals surface area contributed by atoms with Gasteiger partial charge in [-0.05, 0) is 72.3 Å². The van der Waals surface area contributed by atoms with Crippen molar-refractivity contribution < 1.29 is 0 Å². The summed E-state index contributed by atoms with van der Waals surface area (Å²) in [5, 5.41) is 48.8. The maximum absolute atomic E-state index is 11.1. The van der Waals surface area contributed by atoms with Crippen LogP contribution < -0.4 is 0 Å². The lowest BCUT2D eigenvalue weighted by Gasteiger charge is -2.19. The normalized spacial score (nSPS) is 11.3. The molecule has 3 aromatic heterocycles. The molecule has 0 amide bonds. The van der Waals surface area contributed by atoms with Crippen molar-refractivity contribution in [2.75, 3.05) is 0 Å². The lowest BCUT2D eigenvalue weighted by molar-refractivity contribution is 1.15. The molecule has 0 aliphatic carbocycles. The first-order valence-electron chi connectivity index (χ1n) is 19.1. The van der Waals surface area contributed by atoms with E-state index in [4.69, 9.17) is 0 Å². The topological polar surface area (TPSA) is 110 Å². The molecule has 0 fully saturated rings. The Morgan fingerprint density at radius 3 is 1.36 bits per heavy atom. The average Bonchev–Trinajstić information content (AvgIpc) is 3.92. The van der Waals surface area contributed by atoms with E-state index in [0.29, 0.717) is 28.1 Å². The molecule has 0 saturated carbocycles. The lowest BCUT2D eigenvalue weighted by atomic mass is 9.91. The number of nitriles is 4. The third-order valence-electron chi connectivity index (χ3n) is 11.6. The van der Waals surface area contributed by atoms with Gasteiger partial charge in [-0.15, -0.1) is 0 Å².